The van der Waals surface area contributed by atoms with Gasteiger partial charge in [0.1, 0.15) is 12.6 Å². The summed E-state index contributed by atoms with van der Waals surface area (Å²) >= 11 is 0. The van der Waals surface area contributed by atoms with Crippen LogP contribution in [0, 0.1) is 0 Å². The normalized spacial score (nSPS) is 13.1. The van der Waals surface area contributed by atoms with Crippen LogP contribution < -0.4 is 5.11 Å². The second-order valence-electron chi connectivity index (χ2n) is 14.5. The van der Waals surface area contributed by atoms with E-state index >= 15 is 0 Å². The number of carboxylic acids is 1. The molecular formula is C40H75NO7. The molecule has 2 unspecified atom stereocenters. The minimum Gasteiger partial charge on any atom is -0.544 e. The lowest BCUT2D eigenvalue weighted by Crippen LogP contribution is -2.55. The molecule has 0 heterocycles. The number of hydrogen-bond acceptors (Lipinski definition) is 7. The van der Waals surface area contributed by atoms with Gasteiger partial charge in [-0.25, -0.2) is 0 Å². The summed E-state index contributed by atoms with van der Waals surface area (Å²) < 4.78 is 17.0. The molecule has 8 nitrogen and oxygen atoms in total. The van der Waals surface area contributed by atoms with Gasteiger partial charge in [0.2, 0.25) is 0 Å². The van der Waals surface area contributed by atoms with Gasteiger partial charge in [0.25, 0.3) is 0 Å². The van der Waals surface area contributed by atoms with Crippen molar-refractivity contribution in [2.45, 2.75) is 187 Å². The van der Waals surface area contributed by atoms with Crippen LogP contribution in [0.1, 0.15) is 174 Å². The molecule has 0 rings (SSSR count). The van der Waals surface area contributed by atoms with Gasteiger partial charge in [-0.3, -0.25) is 9.59 Å². The van der Waals surface area contributed by atoms with Crippen molar-refractivity contribution in [1.29, 1.82) is 0 Å². The minimum atomic E-state index is -1.13. The first-order valence-electron chi connectivity index (χ1n) is 19.7. The number of aliphatic carboxylic acids is 1. The van der Waals surface area contributed by atoms with Gasteiger partial charge in [-0.1, -0.05) is 129 Å². The molecular weight excluding hydrogens is 606 g/mol. The summed E-state index contributed by atoms with van der Waals surface area (Å²) in [6.45, 7) is 4.61. The Kier molecular flexibility index (Phi) is 31.0. The standard InChI is InChI=1S/C40H75NO7/c1-6-8-10-12-14-15-16-17-18-19-20-21-22-23-25-27-29-31-39(43)48-36(34-46-33-32-37(40(44)45)41(3,4)5)35-47-38(42)30-28-26-24-13-11-9-7-2/h17-18,36-37H,6-16,19-35H2,1-5H3/b18-17+. The van der Waals surface area contributed by atoms with Crippen LogP contribution in [0.25, 0.3) is 0 Å². The smallest absolute Gasteiger partial charge is 0.306 e. The van der Waals surface area contributed by atoms with Crippen molar-refractivity contribution in [2.24, 2.45) is 0 Å². The summed E-state index contributed by atoms with van der Waals surface area (Å²) in [6, 6.07) is -0.720. The highest BCUT2D eigenvalue weighted by atomic mass is 16.6. The zero-order valence-corrected chi connectivity index (χ0v) is 31.9. The second kappa shape index (κ2) is 32.3. The van der Waals surface area contributed by atoms with E-state index in [9.17, 15) is 19.5 Å². The predicted molar refractivity (Wildman–Crippen MR) is 194 cm³/mol. The number of ether oxygens (including phenoxy) is 3. The van der Waals surface area contributed by atoms with Crippen molar-refractivity contribution in [2.75, 3.05) is 41.0 Å². The fourth-order valence-electron chi connectivity index (χ4n) is 5.77. The topological polar surface area (TPSA) is 102 Å². The second-order valence-corrected chi connectivity index (χ2v) is 14.5. The van der Waals surface area contributed by atoms with E-state index in [-0.39, 0.29) is 42.7 Å². The molecule has 0 fully saturated rings. The summed E-state index contributed by atoms with van der Waals surface area (Å²) in [5, 5.41) is 11.6. The molecule has 2 atom stereocenters. The monoisotopic (exact) mass is 682 g/mol. The number of allylic oxidation sites excluding steroid dienone is 2. The Labute approximate surface area is 295 Å². The van der Waals surface area contributed by atoms with E-state index in [2.05, 4.69) is 26.0 Å². The van der Waals surface area contributed by atoms with Crippen LogP contribution in [-0.2, 0) is 28.6 Å². The molecule has 0 N–H and O–H groups in total. The van der Waals surface area contributed by atoms with Gasteiger partial charge in [-0.05, 0) is 38.5 Å². The van der Waals surface area contributed by atoms with Crippen LogP contribution in [0.2, 0.25) is 0 Å². The Morgan fingerprint density at radius 2 is 1.04 bits per heavy atom. The van der Waals surface area contributed by atoms with Crippen molar-refractivity contribution in [3.05, 3.63) is 12.2 Å². The van der Waals surface area contributed by atoms with Gasteiger partial charge >= 0.3 is 11.9 Å². The van der Waals surface area contributed by atoms with Crippen LogP contribution in [0.5, 0.6) is 0 Å². The number of nitrogens with zero attached hydrogens (tertiary/aromatic N) is 1. The molecule has 0 aromatic heterocycles. The molecule has 0 bridgehead atoms. The first-order chi connectivity index (χ1) is 23.1. The highest BCUT2D eigenvalue weighted by Gasteiger charge is 2.25. The van der Waals surface area contributed by atoms with E-state index in [1.54, 1.807) is 21.1 Å². The van der Waals surface area contributed by atoms with Crippen molar-refractivity contribution in [3.63, 3.8) is 0 Å². The number of hydrogen-bond donors (Lipinski definition) is 0. The van der Waals surface area contributed by atoms with Crippen LogP contribution >= 0.6 is 0 Å². The molecule has 0 aromatic carbocycles. The van der Waals surface area contributed by atoms with Crippen LogP contribution in [-0.4, -0.2) is 75.5 Å². The fourth-order valence-corrected chi connectivity index (χ4v) is 5.77. The number of unbranched alkanes of at least 4 members (excludes halogenated alkanes) is 19. The molecule has 8 heteroatoms. The van der Waals surface area contributed by atoms with Crippen molar-refractivity contribution >= 4 is 17.9 Å². The summed E-state index contributed by atoms with van der Waals surface area (Å²) in [6.07, 6.45) is 31.0. The third-order valence-corrected chi connectivity index (χ3v) is 8.90. The summed E-state index contributed by atoms with van der Waals surface area (Å²) in [5.74, 6) is -1.74. The first-order valence-corrected chi connectivity index (χ1v) is 19.7. The number of rotatable bonds is 35. The van der Waals surface area contributed by atoms with Gasteiger partial charge < -0.3 is 28.6 Å². The highest BCUT2D eigenvalue weighted by Crippen LogP contribution is 2.14. The quantitative estimate of drug-likeness (QED) is 0.0286. The molecule has 0 saturated carbocycles. The van der Waals surface area contributed by atoms with E-state index < -0.39 is 18.1 Å². The van der Waals surface area contributed by atoms with Crippen molar-refractivity contribution in [1.82, 2.24) is 0 Å². The zero-order valence-electron chi connectivity index (χ0n) is 31.9. The minimum absolute atomic E-state index is 0.0432. The molecule has 0 radical (unpaired) electrons. The van der Waals surface area contributed by atoms with Crippen molar-refractivity contribution in [3.8, 4) is 0 Å². The highest BCUT2D eigenvalue weighted by molar-refractivity contribution is 5.70. The first kappa shape index (κ1) is 46.1. The number of quaternary nitrogens is 1. The van der Waals surface area contributed by atoms with Gasteiger partial charge in [0.05, 0.1) is 40.3 Å². The third-order valence-electron chi connectivity index (χ3n) is 8.90. The number of carboxylic acid groups (broad SMARTS) is 1. The van der Waals surface area contributed by atoms with E-state index in [4.69, 9.17) is 14.2 Å². The largest absolute Gasteiger partial charge is 0.544 e. The van der Waals surface area contributed by atoms with Crippen molar-refractivity contribution < 1.29 is 38.2 Å². The van der Waals surface area contributed by atoms with Crippen LogP contribution in [0.4, 0.5) is 0 Å². The molecule has 0 aliphatic rings. The molecule has 0 aromatic rings. The lowest BCUT2D eigenvalue weighted by molar-refractivity contribution is -0.889. The van der Waals surface area contributed by atoms with Gasteiger partial charge in [-0.2, -0.15) is 0 Å². The molecule has 282 valence electrons. The summed E-state index contributed by atoms with van der Waals surface area (Å²) in [7, 11) is 5.39. The number of carbonyl (C=O) groups is 3. The number of carbonyl (C=O) groups excluding carboxylic acids is 3. The van der Waals surface area contributed by atoms with Gasteiger partial charge in [0.15, 0.2) is 6.10 Å². The Morgan fingerprint density at radius 1 is 0.604 bits per heavy atom. The Morgan fingerprint density at radius 3 is 1.50 bits per heavy atom. The average Bonchev–Trinajstić information content (AvgIpc) is 3.03. The van der Waals surface area contributed by atoms with Gasteiger partial charge in [-0.15, -0.1) is 0 Å². The number of likely N-dealkylation sites (N-methyl/N-ethyl adjacent to an activating group) is 1. The zero-order chi connectivity index (χ0) is 35.7. The Hall–Kier alpha value is -1.93. The predicted octanol–water partition coefficient (Wildman–Crippen LogP) is 8.63. The van der Waals surface area contributed by atoms with E-state index in [0.717, 1.165) is 38.5 Å². The van der Waals surface area contributed by atoms with E-state index in [1.807, 2.05) is 0 Å². The lowest BCUT2D eigenvalue weighted by Gasteiger charge is -2.34. The Bertz CT molecular complexity index is 808. The molecule has 0 spiro atoms. The maximum atomic E-state index is 12.6. The lowest BCUT2D eigenvalue weighted by atomic mass is 10.1. The summed E-state index contributed by atoms with van der Waals surface area (Å²) in [5.41, 5.74) is 0. The van der Waals surface area contributed by atoms with Crippen LogP contribution in [0.15, 0.2) is 12.2 Å². The average molecular weight is 682 g/mol. The Balaban J connectivity index is 4.31. The van der Waals surface area contributed by atoms with E-state index in [0.29, 0.717) is 12.8 Å². The molecule has 0 amide bonds. The maximum absolute atomic E-state index is 12.6. The summed E-state index contributed by atoms with van der Waals surface area (Å²) in [4.78, 5) is 36.5. The fraction of sp³-hybridized carbons (Fsp3) is 0.875. The van der Waals surface area contributed by atoms with Gasteiger partial charge in [0, 0.05) is 19.3 Å². The SMILES string of the molecule is CCCCCCCC/C=C/CCCCCCCCCC(=O)OC(COCCC(C(=O)[O-])[N+](C)(C)C)COC(=O)CCCCCCCCC. The molecule has 0 aliphatic heterocycles. The third kappa shape index (κ3) is 30.2. The molecule has 0 saturated heterocycles. The molecule has 0 aliphatic carbocycles. The maximum Gasteiger partial charge on any atom is 0.306 e. The van der Waals surface area contributed by atoms with E-state index in [1.165, 1.54) is 103 Å². The molecule has 48 heavy (non-hydrogen) atoms. The van der Waals surface area contributed by atoms with Crippen LogP contribution in [0.3, 0.4) is 0 Å². The number of esters is 2.